The summed E-state index contributed by atoms with van der Waals surface area (Å²) in [5, 5.41) is 12.6. The molecule has 3 aromatic rings. The Labute approximate surface area is 135 Å². The maximum absolute atomic E-state index is 12.1. The van der Waals surface area contributed by atoms with Gasteiger partial charge in [-0.25, -0.2) is 9.78 Å². The van der Waals surface area contributed by atoms with E-state index in [0.29, 0.717) is 20.8 Å². The van der Waals surface area contributed by atoms with Crippen molar-refractivity contribution in [2.24, 2.45) is 0 Å². The number of nitrogens with zero attached hydrogens (tertiary/aromatic N) is 3. The maximum atomic E-state index is 12.1. The van der Waals surface area contributed by atoms with Crippen LogP contribution in [0.3, 0.4) is 0 Å². The first-order valence-electron chi connectivity index (χ1n) is 6.03. The van der Waals surface area contributed by atoms with Crippen LogP contribution in [0.5, 0.6) is 5.75 Å². The summed E-state index contributed by atoms with van der Waals surface area (Å²) in [6.07, 6.45) is 2.95. The van der Waals surface area contributed by atoms with Crippen molar-refractivity contribution in [1.29, 1.82) is 0 Å². The second kappa shape index (κ2) is 5.85. The molecule has 0 radical (unpaired) electrons. The van der Waals surface area contributed by atoms with Crippen molar-refractivity contribution in [2.75, 3.05) is 6.61 Å². The standard InChI is InChI=1S/C13H8BrN3O4S/c14-8-1-2-9(21-5-11(18)19)7(3-8)4-10-12(20)17-13(22-10)15-6-16-17/h1-4,6H,5H2,(H,18,19)/b10-4-. The van der Waals surface area contributed by atoms with Gasteiger partial charge in [-0.3, -0.25) is 4.79 Å². The highest BCUT2D eigenvalue weighted by molar-refractivity contribution is 9.10. The minimum absolute atomic E-state index is 0.276. The highest BCUT2D eigenvalue weighted by Crippen LogP contribution is 2.24. The smallest absolute Gasteiger partial charge is 0.341 e. The lowest BCUT2D eigenvalue weighted by molar-refractivity contribution is -0.139. The molecule has 0 unspecified atom stereocenters. The number of carboxylic acid groups (broad SMARTS) is 1. The summed E-state index contributed by atoms with van der Waals surface area (Å²) in [4.78, 5) is 27.3. The van der Waals surface area contributed by atoms with Gasteiger partial charge in [0.05, 0.1) is 4.53 Å². The van der Waals surface area contributed by atoms with E-state index in [1.165, 1.54) is 22.2 Å². The lowest BCUT2D eigenvalue weighted by atomic mass is 10.2. The maximum Gasteiger partial charge on any atom is 0.341 e. The molecule has 7 nitrogen and oxygen atoms in total. The Morgan fingerprint density at radius 2 is 2.32 bits per heavy atom. The number of ether oxygens (including phenoxy) is 1. The Hall–Kier alpha value is -2.26. The molecule has 0 bridgehead atoms. The second-order valence-electron chi connectivity index (χ2n) is 4.23. The molecule has 0 amide bonds. The van der Waals surface area contributed by atoms with Crippen molar-refractivity contribution in [3.63, 3.8) is 0 Å². The summed E-state index contributed by atoms with van der Waals surface area (Å²) in [7, 11) is 0. The predicted octanol–water partition coefficient (Wildman–Crippen LogP) is 0.925. The molecule has 1 N–H and O–H groups in total. The SMILES string of the molecule is O=C(O)COc1ccc(Br)cc1/C=c1\sc2ncnn2c1=O. The first-order chi connectivity index (χ1) is 10.5. The third-order valence-corrected chi connectivity index (χ3v) is 4.20. The van der Waals surface area contributed by atoms with E-state index in [-0.39, 0.29) is 5.56 Å². The number of carbonyl (C=O) groups is 1. The van der Waals surface area contributed by atoms with E-state index in [1.807, 2.05) is 0 Å². The van der Waals surface area contributed by atoms with Crippen LogP contribution in [0.1, 0.15) is 5.56 Å². The molecule has 112 valence electrons. The Morgan fingerprint density at radius 1 is 1.50 bits per heavy atom. The van der Waals surface area contributed by atoms with Gasteiger partial charge in [-0.05, 0) is 24.3 Å². The van der Waals surface area contributed by atoms with Crippen molar-refractivity contribution >= 4 is 44.3 Å². The van der Waals surface area contributed by atoms with Gasteiger partial charge in [0, 0.05) is 10.0 Å². The Morgan fingerprint density at radius 3 is 3.05 bits per heavy atom. The summed E-state index contributed by atoms with van der Waals surface area (Å²) in [5.74, 6) is -0.693. The summed E-state index contributed by atoms with van der Waals surface area (Å²) in [6, 6.07) is 5.11. The lowest BCUT2D eigenvalue weighted by Gasteiger charge is -2.07. The normalized spacial score (nSPS) is 12.0. The summed E-state index contributed by atoms with van der Waals surface area (Å²) in [5.41, 5.74) is 0.318. The van der Waals surface area contributed by atoms with E-state index >= 15 is 0 Å². The lowest BCUT2D eigenvalue weighted by Crippen LogP contribution is -2.23. The third-order valence-electron chi connectivity index (χ3n) is 2.73. The largest absolute Gasteiger partial charge is 0.481 e. The molecule has 0 spiro atoms. The molecule has 0 aliphatic carbocycles. The van der Waals surface area contributed by atoms with Crippen molar-refractivity contribution in [1.82, 2.24) is 14.6 Å². The molecule has 0 aliphatic rings. The molecule has 22 heavy (non-hydrogen) atoms. The van der Waals surface area contributed by atoms with Crippen molar-refractivity contribution < 1.29 is 14.6 Å². The number of aliphatic carboxylic acids is 1. The molecular formula is C13H8BrN3O4S. The van der Waals surface area contributed by atoms with Gasteiger partial charge in [-0.15, -0.1) is 0 Å². The van der Waals surface area contributed by atoms with E-state index in [0.717, 1.165) is 4.47 Å². The van der Waals surface area contributed by atoms with Crippen molar-refractivity contribution in [3.05, 3.63) is 49.4 Å². The molecule has 2 heterocycles. The van der Waals surface area contributed by atoms with Crippen LogP contribution in [-0.2, 0) is 4.79 Å². The highest BCUT2D eigenvalue weighted by atomic mass is 79.9. The van der Waals surface area contributed by atoms with E-state index < -0.39 is 12.6 Å². The molecule has 0 aliphatic heterocycles. The van der Waals surface area contributed by atoms with Gasteiger partial charge in [0.15, 0.2) is 6.61 Å². The minimum atomic E-state index is -1.07. The van der Waals surface area contributed by atoms with E-state index in [2.05, 4.69) is 26.0 Å². The number of fused-ring (bicyclic) bond motifs is 1. The zero-order valence-electron chi connectivity index (χ0n) is 10.9. The molecule has 0 fully saturated rings. The molecule has 9 heteroatoms. The number of aromatic nitrogens is 3. The van der Waals surface area contributed by atoms with Crippen LogP contribution in [0.2, 0.25) is 0 Å². The number of halogens is 1. The number of thiazole rings is 1. The van der Waals surface area contributed by atoms with Gasteiger partial charge in [-0.1, -0.05) is 27.3 Å². The zero-order chi connectivity index (χ0) is 15.7. The highest BCUT2D eigenvalue weighted by Gasteiger charge is 2.09. The van der Waals surface area contributed by atoms with E-state index in [1.54, 1.807) is 24.3 Å². The van der Waals surface area contributed by atoms with Gasteiger partial charge >= 0.3 is 5.97 Å². The van der Waals surface area contributed by atoms with Crippen LogP contribution in [0.4, 0.5) is 0 Å². The van der Waals surface area contributed by atoms with Crippen LogP contribution in [0.25, 0.3) is 11.0 Å². The van der Waals surface area contributed by atoms with Crippen LogP contribution < -0.4 is 14.8 Å². The number of benzene rings is 1. The molecule has 1 aromatic carbocycles. The number of carboxylic acids is 1. The second-order valence-corrected chi connectivity index (χ2v) is 6.16. The van der Waals surface area contributed by atoms with Gasteiger partial charge in [-0.2, -0.15) is 9.61 Å². The molecule has 0 saturated heterocycles. The topological polar surface area (TPSA) is 93.8 Å². The van der Waals surface area contributed by atoms with E-state index in [4.69, 9.17) is 9.84 Å². The first kappa shape index (κ1) is 14.7. The zero-order valence-corrected chi connectivity index (χ0v) is 13.3. The van der Waals surface area contributed by atoms with Gasteiger partial charge in [0.25, 0.3) is 5.56 Å². The predicted molar refractivity (Wildman–Crippen MR) is 83.2 cm³/mol. The molecular weight excluding hydrogens is 374 g/mol. The molecule has 2 aromatic heterocycles. The van der Waals surface area contributed by atoms with Crippen LogP contribution in [0, 0.1) is 0 Å². The number of rotatable bonds is 4. The number of hydrogen-bond acceptors (Lipinski definition) is 6. The summed E-state index contributed by atoms with van der Waals surface area (Å²) >= 11 is 4.54. The monoisotopic (exact) mass is 381 g/mol. The third kappa shape index (κ3) is 2.85. The van der Waals surface area contributed by atoms with Crippen LogP contribution in [-0.4, -0.2) is 32.3 Å². The fourth-order valence-corrected chi connectivity index (χ4v) is 3.07. The Kier molecular flexibility index (Phi) is 3.90. The molecule has 0 saturated carbocycles. The van der Waals surface area contributed by atoms with E-state index in [9.17, 15) is 9.59 Å². The fourth-order valence-electron chi connectivity index (χ4n) is 1.82. The average Bonchev–Trinajstić information content (AvgIpc) is 3.02. The van der Waals surface area contributed by atoms with Gasteiger partial charge < -0.3 is 9.84 Å². The first-order valence-corrected chi connectivity index (χ1v) is 7.64. The Bertz CT molecular complexity index is 965. The van der Waals surface area contributed by atoms with Gasteiger partial charge in [0.2, 0.25) is 4.96 Å². The summed E-state index contributed by atoms with van der Waals surface area (Å²) < 4.78 is 7.67. The minimum Gasteiger partial charge on any atom is -0.481 e. The average molecular weight is 382 g/mol. The molecule has 3 rings (SSSR count). The molecule has 0 atom stereocenters. The van der Waals surface area contributed by atoms with Crippen LogP contribution >= 0.6 is 27.3 Å². The Balaban J connectivity index is 2.10. The van der Waals surface area contributed by atoms with Crippen molar-refractivity contribution in [3.8, 4) is 5.75 Å². The van der Waals surface area contributed by atoms with Crippen molar-refractivity contribution in [2.45, 2.75) is 0 Å². The fraction of sp³-hybridized carbons (Fsp3) is 0.0769. The van der Waals surface area contributed by atoms with Gasteiger partial charge in [0.1, 0.15) is 12.1 Å². The van der Waals surface area contributed by atoms with Crippen LogP contribution in [0.15, 0.2) is 33.8 Å². The summed E-state index contributed by atoms with van der Waals surface area (Å²) in [6.45, 7) is -0.456. The quantitative estimate of drug-likeness (QED) is 0.722. The number of hydrogen-bond donors (Lipinski definition) is 1.